The molecular weight excluding hydrogens is 530 g/mol. The van der Waals surface area contributed by atoms with Crippen molar-refractivity contribution < 1.29 is 24.1 Å². The molecule has 1 atom stereocenters. The number of benzene rings is 3. The van der Waals surface area contributed by atoms with E-state index in [0.29, 0.717) is 52.2 Å². The number of nitrogens with one attached hydrogen (secondary N) is 1. The van der Waals surface area contributed by atoms with Crippen molar-refractivity contribution in [3.8, 4) is 34.3 Å². The van der Waals surface area contributed by atoms with Gasteiger partial charge in [0.05, 0.1) is 26.9 Å². The summed E-state index contributed by atoms with van der Waals surface area (Å²) in [6, 6.07) is 17.6. The number of aromatic amines is 1. The maximum absolute atomic E-state index is 13.8. The molecule has 0 radical (unpaired) electrons. The lowest BCUT2D eigenvalue weighted by molar-refractivity contribution is 0.0730. The molecule has 5 rings (SSSR count). The molecule has 0 saturated heterocycles. The fourth-order valence-electron chi connectivity index (χ4n) is 5.04. The topological polar surface area (TPSA) is 96.9 Å². The minimum absolute atomic E-state index is 0.0203. The van der Waals surface area contributed by atoms with E-state index in [2.05, 4.69) is 17.1 Å². The number of fused-ring (bicyclic) bond motifs is 1. The molecule has 3 aromatic carbocycles. The fraction of sp³-hybridized carbons (Fsp3) is 0.290. The summed E-state index contributed by atoms with van der Waals surface area (Å²) in [7, 11) is 3.22. The van der Waals surface area contributed by atoms with E-state index in [1.807, 2.05) is 42.5 Å². The van der Waals surface area contributed by atoms with Crippen LogP contribution in [0.15, 0.2) is 60.7 Å². The SMILES string of the molecule is CCCCCOc1ccc(C2c3c(-c4cc(Cl)ccc4O)n[nH]c3C(=O)N2Cc2ccc(OC)cc2)cc1OC. The Bertz CT molecular complexity index is 1500. The number of hydrogen-bond donors (Lipinski definition) is 2. The molecule has 1 amide bonds. The first-order valence-corrected chi connectivity index (χ1v) is 13.6. The molecular formula is C31H32ClN3O5. The van der Waals surface area contributed by atoms with Crippen LogP contribution in [0.4, 0.5) is 0 Å². The van der Waals surface area contributed by atoms with Crippen molar-refractivity contribution in [3.05, 3.63) is 88.1 Å². The molecule has 9 heteroatoms. The molecule has 8 nitrogen and oxygen atoms in total. The van der Waals surface area contributed by atoms with Crippen LogP contribution in [0.2, 0.25) is 5.02 Å². The number of carbonyl (C=O) groups excluding carboxylic acids is 1. The molecule has 40 heavy (non-hydrogen) atoms. The molecule has 1 aromatic heterocycles. The number of hydrogen-bond acceptors (Lipinski definition) is 6. The number of nitrogens with zero attached hydrogens (tertiary/aromatic N) is 2. The number of ether oxygens (including phenoxy) is 3. The highest BCUT2D eigenvalue weighted by atomic mass is 35.5. The lowest BCUT2D eigenvalue weighted by Crippen LogP contribution is -2.29. The van der Waals surface area contributed by atoms with Gasteiger partial charge >= 0.3 is 0 Å². The van der Waals surface area contributed by atoms with E-state index in [9.17, 15) is 9.90 Å². The van der Waals surface area contributed by atoms with Crippen LogP contribution < -0.4 is 14.2 Å². The molecule has 0 fully saturated rings. The molecule has 0 aliphatic carbocycles. The molecule has 4 aromatic rings. The molecule has 0 spiro atoms. The van der Waals surface area contributed by atoms with Crippen molar-refractivity contribution >= 4 is 17.5 Å². The highest BCUT2D eigenvalue weighted by molar-refractivity contribution is 6.31. The van der Waals surface area contributed by atoms with E-state index >= 15 is 0 Å². The Morgan fingerprint density at radius 2 is 1.80 bits per heavy atom. The zero-order valence-electron chi connectivity index (χ0n) is 22.7. The summed E-state index contributed by atoms with van der Waals surface area (Å²) in [6.07, 6.45) is 3.16. The van der Waals surface area contributed by atoms with Gasteiger partial charge in [-0.15, -0.1) is 0 Å². The number of aromatic hydroxyl groups is 1. The fourth-order valence-corrected chi connectivity index (χ4v) is 5.22. The Morgan fingerprint density at radius 3 is 2.52 bits per heavy atom. The van der Waals surface area contributed by atoms with Gasteiger partial charge in [-0.2, -0.15) is 5.10 Å². The Labute approximate surface area is 238 Å². The summed E-state index contributed by atoms with van der Waals surface area (Å²) < 4.78 is 17.0. The van der Waals surface area contributed by atoms with E-state index in [1.165, 1.54) is 6.07 Å². The standard InChI is InChI=1S/C31H32ClN3O5/c1-4-5-6-15-40-25-14-9-20(16-26(25)39-3)30-27-28(23-17-21(32)10-13-24(23)36)33-34-29(27)31(37)35(30)18-19-7-11-22(38-2)12-8-19/h7-14,16-17,30,36H,4-6,15,18H2,1-3H3,(H,33,34). The molecule has 2 heterocycles. The number of phenolic OH excluding ortho intramolecular Hbond substituents is 1. The van der Waals surface area contributed by atoms with Gasteiger partial charge in [0, 0.05) is 22.7 Å². The molecule has 2 N–H and O–H groups in total. The van der Waals surface area contributed by atoms with Crippen molar-refractivity contribution in [2.45, 2.75) is 38.8 Å². The van der Waals surface area contributed by atoms with Crippen LogP contribution in [0, 0.1) is 0 Å². The van der Waals surface area contributed by atoms with Crippen LogP contribution >= 0.6 is 11.6 Å². The largest absolute Gasteiger partial charge is 0.507 e. The Kier molecular flexibility index (Phi) is 8.16. The van der Waals surface area contributed by atoms with E-state index in [-0.39, 0.29) is 11.7 Å². The van der Waals surface area contributed by atoms with E-state index < -0.39 is 6.04 Å². The second kappa shape index (κ2) is 11.9. The summed E-state index contributed by atoms with van der Waals surface area (Å²) in [4.78, 5) is 15.6. The van der Waals surface area contributed by atoms with Crippen molar-refractivity contribution in [2.24, 2.45) is 0 Å². The third-order valence-corrected chi connectivity index (χ3v) is 7.33. The molecule has 1 unspecified atom stereocenters. The van der Waals surface area contributed by atoms with E-state index in [0.717, 1.165) is 36.1 Å². The first-order valence-electron chi connectivity index (χ1n) is 13.3. The number of amides is 1. The van der Waals surface area contributed by atoms with Gasteiger partial charge in [0.15, 0.2) is 11.5 Å². The number of H-pyrrole nitrogens is 1. The van der Waals surface area contributed by atoms with Gasteiger partial charge in [-0.05, 0) is 60.0 Å². The van der Waals surface area contributed by atoms with Gasteiger partial charge in [0.2, 0.25) is 0 Å². The first-order chi connectivity index (χ1) is 19.4. The van der Waals surface area contributed by atoms with Crippen LogP contribution in [-0.2, 0) is 6.54 Å². The van der Waals surface area contributed by atoms with Gasteiger partial charge in [0.25, 0.3) is 5.91 Å². The Hall–Kier alpha value is -4.17. The third kappa shape index (κ3) is 5.31. The third-order valence-electron chi connectivity index (χ3n) is 7.10. The monoisotopic (exact) mass is 561 g/mol. The summed E-state index contributed by atoms with van der Waals surface area (Å²) >= 11 is 6.28. The lowest BCUT2D eigenvalue weighted by Gasteiger charge is -2.27. The van der Waals surface area contributed by atoms with Crippen molar-refractivity contribution in [1.29, 1.82) is 0 Å². The number of phenols is 1. The average Bonchev–Trinajstić information content (AvgIpc) is 3.51. The van der Waals surface area contributed by atoms with E-state index in [1.54, 1.807) is 31.3 Å². The summed E-state index contributed by atoms with van der Waals surface area (Å²) in [5.41, 5.74) is 3.69. The second-order valence-corrected chi connectivity index (χ2v) is 10.1. The molecule has 208 valence electrons. The highest BCUT2D eigenvalue weighted by Gasteiger charge is 2.43. The smallest absolute Gasteiger partial charge is 0.273 e. The lowest BCUT2D eigenvalue weighted by atomic mass is 9.95. The summed E-state index contributed by atoms with van der Waals surface area (Å²) in [5, 5.41) is 18.5. The first kappa shape index (κ1) is 27.4. The molecule has 0 bridgehead atoms. The maximum atomic E-state index is 13.8. The minimum atomic E-state index is -0.514. The number of rotatable bonds is 11. The zero-order chi connectivity index (χ0) is 28.2. The number of halogens is 1. The Morgan fingerprint density at radius 1 is 1.00 bits per heavy atom. The normalized spacial score (nSPS) is 14.3. The van der Waals surface area contributed by atoms with Crippen LogP contribution in [0.3, 0.4) is 0 Å². The molecule has 1 aliphatic rings. The highest BCUT2D eigenvalue weighted by Crippen LogP contribution is 2.46. The van der Waals surface area contributed by atoms with Crippen LogP contribution in [0.25, 0.3) is 11.3 Å². The number of carbonyl (C=O) groups is 1. The van der Waals surface area contributed by atoms with Gasteiger partial charge in [-0.1, -0.05) is 49.6 Å². The number of unbranched alkanes of at least 4 members (excludes halogenated alkanes) is 2. The quantitative estimate of drug-likeness (QED) is 0.196. The van der Waals surface area contributed by atoms with Gasteiger partial charge in [0.1, 0.15) is 22.9 Å². The maximum Gasteiger partial charge on any atom is 0.273 e. The van der Waals surface area contributed by atoms with Crippen LogP contribution in [0.5, 0.6) is 23.0 Å². The van der Waals surface area contributed by atoms with Crippen molar-refractivity contribution in [2.75, 3.05) is 20.8 Å². The van der Waals surface area contributed by atoms with Crippen molar-refractivity contribution in [3.63, 3.8) is 0 Å². The Balaban J connectivity index is 1.59. The predicted molar refractivity (Wildman–Crippen MR) is 153 cm³/mol. The minimum Gasteiger partial charge on any atom is -0.507 e. The number of aromatic nitrogens is 2. The number of methoxy groups -OCH3 is 2. The second-order valence-electron chi connectivity index (χ2n) is 9.67. The van der Waals surface area contributed by atoms with E-state index in [4.69, 9.17) is 25.8 Å². The molecule has 0 saturated carbocycles. The summed E-state index contributed by atoms with van der Waals surface area (Å²) in [6.45, 7) is 3.09. The predicted octanol–water partition coefficient (Wildman–Crippen LogP) is 6.77. The van der Waals surface area contributed by atoms with Crippen molar-refractivity contribution in [1.82, 2.24) is 15.1 Å². The average molecular weight is 562 g/mol. The van der Waals surface area contributed by atoms with Gasteiger partial charge < -0.3 is 24.2 Å². The zero-order valence-corrected chi connectivity index (χ0v) is 23.5. The van der Waals surface area contributed by atoms with Gasteiger partial charge in [-0.3, -0.25) is 9.89 Å². The van der Waals surface area contributed by atoms with Gasteiger partial charge in [-0.25, -0.2) is 0 Å². The van der Waals surface area contributed by atoms with Crippen LogP contribution in [0.1, 0.15) is 59.4 Å². The molecule has 1 aliphatic heterocycles. The summed E-state index contributed by atoms with van der Waals surface area (Å²) in [5.74, 6) is 1.78. The van der Waals surface area contributed by atoms with Crippen LogP contribution in [-0.4, -0.2) is 46.9 Å².